The summed E-state index contributed by atoms with van der Waals surface area (Å²) in [5.41, 5.74) is -0.170. The number of aromatic nitrogens is 1. The van der Waals surface area contributed by atoms with Crippen LogP contribution in [0.4, 0.5) is 0 Å². The third-order valence-electron chi connectivity index (χ3n) is 3.00. The molecule has 0 aromatic carbocycles. The Morgan fingerprint density at radius 3 is 3.12 bits per heavy atom. The maximum atomic E-state index is 11.7. The summed E-state index contributed by atoms with van der Waals surface area (Å²) in [4.78, 5) is 25.5. The zero-order valence-corrected chi connectivity index (χ0v) is 9.66. The molecule has 0 spiro atoms. The second-order valence-corrected chi connectivity index (χ2v) is 4.25. The van der Waals surface area contributed by atoms with Crippen LogP contribution in [0.5, 0.6) is 0 Å². The maximum absolute atomic E-state index is 11.7. The van der Waals surface area contributed by atoms with Crippen molar-refractivity contribution in [1.82, 2.24) is 15.6 Å². The molecule has 2 heterocycles. The van der Waals surface area contributed by atoms with E-state index in [0.717, 1.165) is 13.0 Å². The van der Waals surface area contributed by atoms with E-state index in [-0.39, 0.29) is 17.0 Å². The molecule has 0 saturated carbocycles. The van der Waals surface area contributed by atoms with Gasteiger partial charge in [0.2, 0.25) is 0 Å². The summed E-state index contributed by atoms with van der Waals surface area (Å²) in [6, 6.07) is 3.68. The molecule has 3 N–H and O–H groups in total. The zero-order chi connectivity index (χ0) is 12.1. The van der Waals surface area contributed by atoms with Crippen LogP contribution >= 0.6 is 0 Å². The van der Waals surface area contributed by atoms with Gasteiger partial charge in [-0.1, -0.05) is 0 Å². The van der Waals surface area contributed by atoms with Crippen LogP contribution in [-0.4, -0.2) is 30.0 Å². The van der Waals surface area contributed by atoms with E-state index in [9.17, 15) is 9.59 Å². The summed E-state index contributed by atoms with van der Waals surface area (Å²) in [5, 5.41) is 6.13. The number of carbonyl (C=O) groups excluding carboxylic acids is 1. The van der Waals surface area contributed by atoms with Gasteiger partial charge in [0.1, 0.15) is 5.56 Å². The Kier molecular flexibility index (Phi) is 3.93. The zero-order valence-electron chi connectivity index (χ0n) is 9.66. The molecule has 0 unspecified atom stereocenters. The van der Waals surface area contributed by atoms with Crippen molar-refractivity contribution in [3.8, 4) is 0 Å². The highest BCUT2D eigenvalue weighted by atomic mass is 16.2. The predicted octanol–water partition coefficient (Wildman–Crippen LogP) is 0.247. The number of hydrogen-bond donors (Lipinski definition) is 3. The van der Waals surface area contributed by atoms with E-state index in [1.807, 2.05) is 0 Å². The van der Waals surface area contributed by atoms with Gasteiger partial charge in [-0.3, -0.25) is 9.59 Å². The molecule has 92 valence electrons. The van der Waals surface area contributed by atoms with Crippen molar-refractivity contribution < 1.29 is 4.79 Å². The highest BCUT2D eigenvalue weighted by molar-refractivity contribution is 5.93. The summed E-state index contributed by atoms with van der Waals surface area (Å²) in [5.74, 6) is -0.301. The molecule has 1 aliphatic rings. The quantitative estimate of drug-likeness (QED) is 0.700. The largest absolute Gasteiger partial charge is 0.352 e. The van der Waals surface area contributed by atoms with Gasteiger partial charge < -0.3 is 15.6 Å². The number of carbonyl (C=O) groups is 1. The molecule has 1 aromatic heterocycles. The molecule has 1 fully saturated rings. The van der Waals surface area contributed by atoms with Crippen molar-refractivity contribution in [3.05, 3.63) is 34.2 Å². The van der Waals surface area contributed by atoms with Gasteiger partial charge in [0, 0.05) is 18.8 Å². The van der Waals surface area contributed by atoms with Crippen molar-refractivity contribution in [2.24, 2.45) is 0 Å². The number of H-pyrrole nitrogens is 1. The van der Waals surface area contributed by atoms with Gasteiger partial charge in [0.25, 0.3) is 11.5 Å². The Morgan fingerprint density at radius 2 is 2.41 bits per heavy atom. The Bertz CT molecular complexity index is 435. The Morgan fingerprint density at radius 1 is 1.53 bits per heavy atom. The lowest BCUT2D eigenvalue weighted by Gasteiger charge is -2.10. The van der Waals surface area contributed by atoms with E-state index in [1.54, 1.807) is 6.07 Å². The fraction of sp³-hybridized carbons (Fsp3) is 0.500. The van der Waals surface area contributed by atoms with Crippen LogP contribution in [0.15, 0.2) is 23.1 Å². The summed E-state index contributed by atoms with van der Waals surface area (Å²) < 4.78 is 0. The van der Waals surface area contributed by atoms with Gasteiger partial charge in [-0.25, -0.2) is 0 Å². The first-order valence-corrected chi connectivity index (χ1v) is 5.96. The molecule has 2 rings (SSSR count). The Labute approximate surface area is 99.6 Å². The first-order valence-electron chi connectivity index (χ1n) is 5.96. The van der Waals surface area contributed by atoms with Gasteiger partial charge in [-0.15, -0.1) is 0 Å². The van der Waals surface area contributed by atoms with E-state index in [4.69, 9.17) is 0 Å². The van der Waals surface area contributed by atoms with E-state index in [2.05, 4.69) is 15.6 Å². The molecule has 17 heavy (non-hydrogen) atoms. The summed E-state index contributed by atoms with van der Waals surface area (Å²) >= 11 is 0. The van der Waals surface area contributed by atoms with Crippen LogP contribution in [0.25, 0.3) is 0 Å². The van der Waals surface area contributed by atoms with Crippen LogP contribution in [0.3, 0.4) is 0 Å². The van der Waals surface area contributed by atoms with Crippen LogP contribution in [-0.2, 0) is 0 Å². The SMILES string of the molecule is O=C(NCC[C@H]1CCCN1)c1ccc[nH]c1=O. The molecule has 5 nitrogen and oxygen atoms in total. The number of nitrogens with one attached hydrogen (secondary N) is 3. The molecule has 1 saturated heterocycles. The van der Waals surface area contributed by atoms with Gasteiger partial charge in [-0.2, -0.15) is 0 Å². The molecule has 1 aliphatic heterocycles. The number of hydrogen-bond acceptors (Lipinski definition) is 3. The fourth-order valence-electron chi connectivity index (χ4n) is 2.06. The van der Waals surface area contributed by atoms with Crippen LogP contribution in [0, 0.1) is 0 Å². The smallest absolute Gasteiger partial charge is 0.260 e. The number of amides is 1. The average molecular weight is 235 g/mol. The van der Waals surface area contributed by atoms with E-state index < -0.39 is 0 Å². The minimum Gasteiger partial charge on any atom is -0.352 e. The van der Waals surface area contributed by atoms with Crippen molar-refractivity contribution in [2.45, 2.75) is 25.3 Å². The molecule has 0 aliphatic carbocycles. The highest BCUT2D eigenvalue weighted by Crippen LogP contribution is 2.07. The van der Waals surface area contributed by atoms with Crippen molar-refractivity contribution in [3.63, 3.8) is 0 Å². The molecular weight excluding hydrogens is 218 g/mol. The van der Waals surface area contributed by atoms with E-state index in [0.29, 0.717) is 12.6 Å². The third kappa shape index (κ3) is 3.17. The predicted molar refractivity (Wildman–Crippen MR) is 65.0 cm³/mol. The molecule has 1 aromatic rings. The van der Waals surface area contributed by atoms with Crippen molar-refractivity contribution in [2.75, 3.05) is 13.1 Å². The van der Waals surface area contributed by atoms with Gasteiger partial charge in [0.05, 0.1) is 0 Å². The molecule has 0 bridgehead atoms. The average Bonchev–Trinajstić information content (AvgIpc) is 2.82. The monoisotopic (exact) mass is 235 g/mol. The maximum Gasteiger partial charge on any atom is 0.260 e. The van der Waals surface area contributed by atoms with E-state index >= 15 is 0 Å². The van der Waals surface area contributed by atoms with Crippen molar-refractivity contribution in [1.29, 1.82) is 0 Å². The first kappa shape index (κ1) is 11.9. The van der Waals surface area contributed by atoms with Gasteiger partial charge >= 0.3 is 0 Å². The number of pyridine rings is 1. The molecule has 0 radical (unpaired) electrons. The van der Waals surface area contributed by atoms with Crippen LogP contribution in [0.2, 0.25) is 0 Å². The molecular formula is C12H17N3O2. The van der Waals surface area contributed by atoms with Gasteiger partial charge in [0.15, 0.2) is 0 Å². The number of rotatable bonds is 4. The summed E-state index contributed by atoms with van der Waals surface area (Å²) in [6.45, 7) is 1.67. The number of aromatic amines is 1. The summed E-state index contributed by atoms with van der Waals surface area (Å²) in [6.07, 6.45) is 4.80. The summed E-state index contributed by atoms with van der Waals surface area (Å²) in [7, 11) is 0. The second-order valence-electron chi connectivity index (χ2n) is 4.25. The second kappa shape index (κ2) is 5.63. The first-order chi connectivity index (χ1) is 8.27. The minimum atomic E-state index is -0.344. The molecule has 1 atom stereocenters. The fourth-order valence-corrected chi connectivity index (χ4v) is 2.06. The van der Waals surface area contributed by atoms with E-state index in [1.165, 1.54) is 25.1 Å². The third-order valence-corrected chi connectivity index (χ3v) is 3.00. The van der Waals surface area contributed by atoms with Crippen LogP contribution < -0.4 is 16.2 Å². The molecule has 1 amide bonds. The lowest BCUT2D eigenvalue weighted by atomic mass is 10.1. The standard InChI is InChI=1S/C12H17N3O2/c16-11-10(4-2-7-14-11)12(17)15-8-5-9-3-1-6-13-9/h2,4,7,9,13H,1,3,5-6,8H2,(H,14,16)(H,15,17)/t9-/m1/s1. The van der Waals surface area contributed by atoms with Gasteiger partial charge in [-0.05, 0) is 37.9 Å². The lowest BCUT2D eigenvalue weighted by molar-refractivity contribution is 0.0951. The Balaban J connectivity index is 1.81. The minimum absolute atomic E-state index is 0.173. The normalized spacial score (nSPS) is 19.2. The lowest BCUT2D eigenvalue weighted by Crippen LogP contribution is -2.33. The highest BCUT2D eigenvalue weighted by Gasteiger charge is 2.14. The molecule has 5 heteroatoms. The topological polar surface area (TPSA) is 74.0 Å². The van der Waals surface area contributed by atoms with Crippen molar-refractivity contribution >= 4 is 5.91 Å². The van der Waals surface area contributed by atoms with Crippen LogP contribution in [0.1, 0.15) is 29.6 Å². The Hall–Kier alpha value is -1.62.